The normalized spacial score (nSPS) is 13.3. The smallest absolute Gasteiger partial charge is 0.310 e. The average molecular weight is 433 g/mol. The van der Waals surface area contributed by atoms with Crippen molar-refractivity contribution in [1.29, 1.82) is 0 Å². The maximum absolute atomic E-state index is 11.8. The van der Waals surface area contributed by atoms with Gasteiger partial charge in [0.05, 0.1) is 13.0 Å². The van der Waals surface area contributed by atoms with Crippen molar-refractivity contribution in [2.24, 2.45) is 0 Å². The highest BCUT2D eigenvalue weighted by atomic mass is 16.6. The largest absolute Gasteiger partial charge is 0.462 e. The van der Waals surface area contributed by atoms with Gasteiger partial charge < -0.3 is 14.6 Å². The number of ether oxygens (including phenoxy) is 2. The quantitative estimate of drug-likeness (QED) is 0.220. The molecule has 0 aromatic heterocycles. The zero-order valence-electron chi connectivity index (χ0n) is 19.2. The van der Waals surface area contributed by atoms with Crippen LogP contribution in [0.5, 0.6) is 0 Å². The summed E-state index contributed by atoms with van der Waals surface area (Å²) in [5.41, 5.74) is 0. The van der Waals surface area contributed by atoms with Crippen LogP contribution in [-0.2, 0) is 19.1 Å². The summed E-state index contributed by atoms with van der Waals surface area (Å²) in [5, 5.41) is 9.26. The van der Waals surface area contributed by atoms with Crippen molar-refractivity contribution in [3.8, 4) is 0 Å². The van der Waals surface area contributed by atoms with Gasteiger partial charge in [-0.25, -0.2) is 0 Å². The molecule has 5 heteroatoms. The van der Waals surface area contributed by atoms with Crippen LogP contribution < -0.4 is 0 Å². The van der Waals surface area contributed by atoms with Crippen LogP contribution in [0.15, 0.2) is 60.8 Å². The van der Waals surface area contributed by atoms with E-state index in [1.165, 1.54) is 0 Å². The van der Waals surface area contributed by atoms with Crippen molar-refractivity contribution in [1.82, 2.24) is 0 Å². The van der Waals surface area contributed by atoms with Crippen LogP contribution in [0.3, 0.4) is 0 Å². The Bertz CT molecular complexity index is 599. The molecule has 0 heterocycles. The second-order valence-electron chi connectivity index (χ2n) is 6.99. The molecule has 0 aliphatic rings. The van der Waals surface area contributed by atoms with E-state index in [1.807, 2.05) is 19.1 Å². The van der Waals surface area contributed by atoms with E-state index in [-0.39, 0.29) is 25.6 Å². The van der Waals surface area contributed by atoms with Crippen molar-refractivity contribution in [2.75, 3.05) is 13.2 Å². The van der Waals surface area contributed by atoms with Gasteiger partial charge in [0.2, 0.25) is 0 Å². The Morgan fingerprint density at radius 2 is 1.29 bits per heavy atom. The summed E-state index contributed by atoms with van der Waals surface area (Å²) in [6.07, 6.45) is 26.7. The molecule has 0 aromatic carbocycles. The number of carbonyl (C=O) groups excluding carboxylic acids is 2. The Balaban J connectivity index is 3.86. The van der Waals surface area contributed by atoms with Gasteiger partial charge in [-0.3, -0.25) is 9.59 Å². The summed E-state index contributed by atoms with van der Waals surface area (Å²) >= 11 is 0. The maximum Gasteiger partial charge on any atom is 0.310 e. The third-order valence-corrected chi connectivity index (χ3v) is 4.11. The maximum atomic E-state index is 11.8. The van der Waals surface area contributed by atoms with Crippen LogP contribution in [-0.4, -0.2) is 36.4 Å². The average Bonchev–Trinajstić information content (AvgIpc) is 2.77. The van der Waals surface area contributed by atoms with E-state index >= 15 is 0 Å². The fourth-order valence-corrected chi connectivity index (χ4v) is 2.37. The summed E-state index contributed by atoms with van der Waals surface area (Å²) in [6.45, 7) is 3.63. The zero-order chi connectivity index (χ0) is 23.0. The third-order valence-electron chi connectivity index (χ3n) is 4.11. The lowest BCUT2D eigenvalue weighted by molar-refractivity contribution is -0.160. The molecule has 0 saturated carbocycles. The van der Waals surface area contributed by atoms with Gasteiger partial charge in [0.15, 0.2) is 6.10 Å². The molecule has 0 aliphatic heterocycles. The number of allylic oxidation sites excluding steroid dienone is 9. The SMILES string of the molecule is CC/C=C\C/C=C\C/C=C\C/C=C\C/C=C\CC(=O)OC(CO)COC(=O)CCCC. The van der Waals surface area contributed by atoms with Gasteiger partial charge in [0, 0.05) is 6.42 Å². The Kier molecular flexibility index (Phi) is 20.6. The van der Waals surface area contributed by atoms with E-state index in [0.717, 1.165) is 44.9 Å². The molecule has 1 atom stereocenters. The highest BCUT2D eigenvalue weighted by molar-refractivity contribution is 5.71. The van der Waals surface area contributed by atoms with E-state index < -0.39 is 12.1 Å². The number of hydrogen-bond acceptors (Lipinski definition) is 5. The molecule has 1 unspecified atom stereocenters. The van der Waals surface area contributed by atoms with Crippen molar-refractivity contribution >= 4 is 11.9 Å². The summed E-state index contributed by atoms with van der Waals surface area (Å²) in [7, 11) is 0. The Morgan fingerprint density at radius 1 is 0.774 bits per heavy atom. The van der Waals surface area contributed by atoms with Gasteiger partial charge in [-0.2, -0.15) is 0 Å². The lowest BCUT2D eigenvalue weighted by atomic mass is 10.2. The molecule has 174 valence electrons. The van der Waals surface area contributed by atoms with Crippen molar-refractivity contribution < 1.29 is 24.2 Å². The number of carbonyl (C=O) groups is 2. The molecular weight excluding hydrogens is 392 g/mol. The minimum Gasteiger partial charge on any atom is -0.462 e. The van der Waals surface area contributed by atoms with Crippen LogP contribution in [0.1, 0.15) is 71.6 Å². The van der Waals surface area contributed by atoms with Gasteiger partial charge in [0.25, 0.3) is 0 Å². The summed E-state index contributed by atoms with van der Waals surface area (Å²) < 4.78 is 10.1. The van der Waals surface area contributed by atoms with E-state index in [0.29, 0.717) is 6.42 Å². The summed E-state index contributed by atoms with van der Waals surface area (Å²) in [4.78, 5) is 23.3. The number of esters is 2. The van der Waals surface area contributed by atoms with Gasteiger partial charge in [-0.15, -0.1) is 0 Å². The van der Waals surface area contributed by atoms with Gasteiger partial charge in [0.1, 0.15) is 6.61 Å². The van der Waals surface area contributed by atoms with Crippen LogP contribution in [0.2, 0.25) is 0 Å². The van der Waals surface area contributed by atoms with Crippen LogP contribution >= 0.6 is 0 Å². The number of unbranched alkanes of at least 4 members (excludes halogenated alkanes) is 1. The number of hydrogen-bond donors (Lipinski definition) is 1. The Labute approximate surface area is 188 Å². The second-order valence-corrected chi connectivity index (χ2v) is 6.99. The molecular formula is C26H40O5. The molecule has 0 saturated heterocycles. The lowest BCUT2D eigenvalue weighted by Crippen LogP contribution is -2.28. The van der Waals surface area contributed by atoms with Crippen molar-refractivity contribution in [3.05, 3.63) is 60.8 Å². The molecule has 0 aromatic rings. The number of aliphatic hydroxyl groups excluding tert-OH is 1. The predicted molar refractivity (Wildman–Crippen MR) is 127 cm³/mol. The van der Waals surface area contributed by atoms with Crippen molar-refractivity contribution in [3.63, 3.8) is 0 Å². The molecule has 31 heavy (non-hydrogen) atoms. The van der Waals surface area contributed by atoms with E-state index in [2.05, 4.69) is 49.5 Å². The predicted octanol–water partition coefficient (Wildman–Crippen LogP) is 5.77. The van der Waals surface area contributed by atoms with Crippen LogP contribution in [0.4, 0.5) is 0 Å². The van der Waals surface area contributed by atoms with Gasteiger partial charge >= 0.3 is 11.9 Å². The number of rotatable bonds is 18. The molecule has 0 aliphatic carbocycles. The first-order valence-corrected chi connectivity index (χ1v) is 11.3. The summed E-state index contributed by atoms with van der Waals surface area (Å²) in [6, 6.07) is 0. The highest BCUT2D eigenvalue weighted by Crippen LogP contribution is 2.02. The molecule has 0 amide bonds. The first-order chi connectivity index (χ1) is 15.1. The van der Waals surface area contributed by atoms with Crippen LogP contribution in [0.25, 0.3) is 0 Å². The van der Waals surface area contributed by atoms with Crippen molar-refractivity contribution in [2.45, 2.75) is 77.7 Å². The first-order valence-electron chi connectivity index (χ1n) is 11.3. The molecule has 5 nitrogen and oxygen atoms in total. The van der Waals surface area contributed by atoms with Crippen LogP contribution in [0, 0.1) is 0 Å². The first kappa shape index (κ1) is 28.6. The van der Waals surface area contributed by atoms with E-state index in [1.54, 1.807) is 6.08 Å². The number of aliphatic hydroxyl groups is 1. The molecule has 0 bridgehead atoms. The molecule has 1 N–H and O–H groups in total. The standard InChI is InChI=1S/C26H40O5/c1-3-5-7-8-9-10-11-12-13-14-15-16-17-18-19-21-26(29)31-24(22-27)23-30-25(28)20-6-4-2/h5,7,9-10,12-13,15-16,18-19,24,27H,3-4,6,8,11,14,17,20-23H2,1-2H3/b7-5-,10-9-,13-12-,16-15-,19-18-. The van der Waals surface area contributed by atoms with E-state index in [4.69, 9.17) is 9.47 Å². The molecule has 0 spiro atoms. The molecule has 0 fully saturated rings. The Morgan fingerprint density at radius 3 is 1.77 bits per heavy atom. The second kappa shape index (κ2) is 22.3. The summed E-state index contributed by atoms with van der Waals surface area (Å²) in [5.74, 6) is -0.792. The minimum atomic E-state index is -0.819. The third kappa shape index (κ3) is 20.6. The monoisotopic (exact) mass is 432 g/mol. The topological polar surface area (TPSA) is 72.8 Å². The van der Waals surface area contributed by atoms with Gasteiger partial charge in [-0.1, -0.05) is 81.0 Å². The molecule has 0 rings (SSSR count). The molecule has 0 radical (unpaired) electrons. The lowest BCUT2D eigenvalue weighted by Gasteiger charge is -2.15. The zero-order valence-corrected chi connectivity index (χ0v) is 19.2. The fraction of sp³-hybridized carbons (Fsp3) is 0.538. The Hall–Kier alpha value is -2.40. The van der Waals surface area contributed by atoms with Gasteiger partial charge in [-0.05, 0) is 38.5 Å². The highest BCUT2D eigenvalue weighted by Gasteiger charge is 2.15. The minimum absolute atomic E-state index is 0.115. The van der Waals surface area contributed by atoms with E-state index in [9.17, 15) is 14.7 Å². The fourth-order valence-electron chi connectivity index (χ4n) is 2.37.